The van der Waals surface area contributed by atoms with Gasteiger partial charge in [0.25, 0.3) is 5.91 Å². The van der Waals surface area contributed by atoms with E-state index < -0.39 is 17.5 Å². The van der Waals surface area contributed by atoms with Crippen LogP contribution in [-0.4, -0.2) is 73.0 Å². The zero-order valence-corrected chi connectivity index (χ0v) is 27.3. The molecule has 2 saturated heterocycles. The van der Waals surface area contributed by atoms with Crippen molar-refractivity contribution >= 4 is 45.1 Å². The van der Waals surface area contributed by atoms with E-state index in [1.54, 1.807) is 29.0 Å². The SMILES string of the molecule is CC(C)(C)OC(=O)N1CC2(C1)CN(c1ccc(-c3cc(F)c4cn(C(C(=O)Nc5nccs5)c5ncn6c5CCC6)nc4c3)cc1)C2.[HH]. The molecule has 1 atom stereocenters. The van der Waals surface area contributed by atoms with Gasteiger partial charge in [-0.05, 0) is 69.0 Å². The van der Waals surface area contributed by atoms with Crippen molar-refractivity contribution in [1.82, 2.24) is 29.2 Å². The minimum atomic E-state index is -0.880. The highest BCUT2D eigenvalue weighted by Gasteiger charge is 2.54. The molecule has 5 aromatic rings. The zero-order valence-electron chi connectivity index (χ0n) is 26.4. The summed E-state index contributed by atoms with van der Waals surface area (Å²) in [6, 6.07) is 10.6. The van der Waals surface area contributed by atoms with Gasteiger partial charge in [-0.1, -0.05) is 12.1 Å². The molecule has 0 saturated carbocycles. The quantitative estimate of drug-likeness (QED) is 0.240. The normalized spacial score (nSPS) is 17.4. The number of fused-ring (bicyclic) bond motifs is 2. The van der Waals surface area contributed by atoms with Gasteiger partial charge in [0, 0.05) is 68.7 Å². The molecule has 1 N–H and O–H groups in total. The summed E-state index contributed by atoms with van der Waals surface area (Å²) < 4.78 is 24.7. The number of hydrogen-bond acceptors (Lipinski definition) is 8. The summed E-state index contributed by atoms with van der Waals surface area (Å²) in [5.41, 5.74) is 4.34. The van der Waals surface area contributed by atoms with Gasteiger partial charge in [-0.25, -0.2) is 19.2 Å². The molecule has 8 rings (SSSR count). The van der Waals surface area contributed by atoms with Gasteiger partial charge in [-0.3, -0.25) is 14.8 Å². The van der Waals surface area contributed by atoms with Crippen LogP contribution in [0.4, 0.5) is 20.0 Å². The van der Waals surface area contributed by atoms with Crippen molar-refractivity contribution in [2.75, 3.05) is 36.4 Å². The van der Waals surface area contributed by atoms with Crippen LogP contribution in [0.2, 0.25) is 0 Å². The van der Waals surface area contributed by atoms with Crippen LogP contribution in [0.25, 0.3) is 22.0 Å². The van der Waals surface area contributed by atoms with E-state index in [-0.39, 0.29) is 18.8 Å². The molecule has 244 valence electrons. The van der Waals surface area contributed by atoms with Crippen LogP contribution >= 0.6 is 11.3 Å². The van der Waals surface area contributed by atoms with Crippen LogP contribution in [-0.2, 0) is 22.5 Å². The Kier molecular flexibility index (Phi) is 6.87. The average molecular weight is 657 g/mol. The van der Waals surface area contributed by atoms with Crippen molar-refractivity contribution in [2.24, 2.45) is 5.41 Å². The van der Waals surface area contributed by atoms with E-state index in [0.29, 0.717) is 40.4 Å². The highest BCUT2D eigenvalue weighted by molar-refractivity contribution is 7.13. The lowest BCUT2D eigenvalue weighted by Crippen LogP contribution is -2.73. The first kappa shape index (κ1) is 29.6. The highest BCUT2D eigenvalue weighted by atomic mass is 32.1. The number of amides is 2. The molecule has 2 aromatic carbocycles. The lowest BCUT2D eigenvalue weighted by Gasteiger charge is -2.60. The molecule has 1 unspecified atom stereocenters. The van der Waals surface area contributed by atoms with Crippen LogP contribution in [0.5, 0.6) is 0 Å². The summed E-state index contributed by atoms with van der Waals surface area (Å²) in [6.07, 6.45) is 6.53. The molecule has 0 bridgehead atoms. The number of carbonyl (C=O) groups excluding carboxylic acids is 2. The summed E-state index contributed by atoms with van der Waals surface area (Å²) >= 11 is 1.33. The smallest absolute Gasteiger partial charge is 0.410 e. The van der Waals surface area contributed by atoms with Crippen LogP contribution in [0.15, 0.2) is 60.5 Å². The number of aryl methyl sites for hydroxylation is 1. The van der Waals surface area contributed by atoms with E-state index in [1.165, 1.54) is 22.1 Å². The van der Waals surface area contributed by atoms with Gasteiger partial charge in [-0.15, -0.1) is 11.3 Å². The molecule has 3 aliphatic rings. The lowest BCUT2D eigenvalue weighted by molar-refractivity contribution is -0.118. The van der Waals surface area contributed by atoms with Crippen LogP contribution < -0.4 is 10.2 Å². The third-order valence-corrected chi connectivity index (χ3v) is 9.83. The Balaban J connectivity index is 0.00000364. The zero-order chi connectivity index (χ0) is 32.5. The Morgan fingerprint density at radius 2 is 1.87 bits per heavy atom. The van der Waals surface area contributed by atoms with Crippen LogP contribution in [0.3, 0.4) is 0 Å². The van der Waals surface area contributed by atoms with Crippen molar-refractivity contribution in [1.29, 1.82) is 0 Å². The number of thiazole rings is 1. The van der Waals surface area contributed by atoms with Crippen molar-refractivity contribution in [3.8, 4) is 11.1 Å². The standard InChI is InChI=1S/C34H35FN8O3S.H2/c1-33(2,3)46-32(45)42-18-34(19-42)16-41(17-34)23-8-6-21(7-9-23)22-13-25(35)24-15-43(39-26(24)14-22)29(30(44)38-31-36-10-12-47-31)28-27-5-4-11-40(27)20-37-28;/h6-10,12-15,20,29H,4-5,11,16-19H2,1-3H3,(H,36,38,44);1H. The first-order valence-corrected chi connectivity index (χ1v) is 16.7. The van der Waals surface area contributed by atoms with Gasteiger partial charge in [0.05, 0.1) is 22.9 Å². The molecule has 6 heterocycles. The number of likely N-dealkylation sites (tertiary alicyclic amines) is 1. The molecule has 3 aliphatic heterocycles. The molecule has 11 nitrogen and oxygen atoms in total. The fraction of sp³-hybridized carbons (Fsp3) is 0.382. The van der Waals surface area contributed by atoms with Gasteiger partial charge in [0.2, 0.25) is 0 Å². The monoisotopic (exact) mass is 656 g/mol. The Morgan fingerprint density at radius 3 is 2.60 bits per heavy atom. The number of rotatable bonds is 6. The van der Waals surface area contributed by atoms with E-state index in [2.05, 4.69) is 24.8 Å². The van der Waals surface area contributed by atoms with Crippen LogP contribution in [0.1, 0.15) is 46.0 Å². The molecular formula is C34H37FN8O3S. The largest absolute Gasteiger partial charge is 0.444 e. The number of anilines is 2. The van der Waals surface area contributed by atoms with Crippen molar-refractivity contribution in [3.05, 3.63) is 77.7 Å². The van der Waals surface area contributed by atoms with Gasteiger partial charge < -0.3 is 19.1 Å². The minimum Gasteiger partial charge on any atom is -0.444 e. The number of imidazole rings is 1. The van der Waals surface area contributed by atoms with Crippen LogP contribution in [0, 0.1) is 11.2 Å². The number of hydrogen-bond donors (Lipinski definition) is 1. The number of nitrogens with zero attached hydrogens (tertiary/aromatic N) is 7. The molecule has 2 amide bonds. The Labute approximate surface area is 276 Å². The number of halogens is 1. The predicted molar refractivity (Wildman–Crippen MR) is 179 cm³/mol. The second-order valence-corrected chi connectivity index (χ2v) is 14.7. The number of aromatic nitrogens is 5. The van der Waals surface area contributed by atoms with Crippen molar-refractivity contribution < 1.29 is 20.1 Å². The van der Waals surface area contributed by atoms with Gasteiger partial charge in [-0.2, -0.15) is 5.10 Å². The Morgan fingerprint density at radius 1 is 1.09 bits per heavy atom. The van der Waals surface area contributed by atoms with Gasteiger partial charge in [0.15, 0.2) is 11.2 Å². The second-order valence-electron chi connectivity index (χ2n) is 13.8. The Bertz CT molecular complexity index is 1990. The summed E-state index contributed by atoms with van der Waals surface area (Å²) in [7, 11) is 0. The maximum absolute atomic E-state index is 15.6. The molecule has 47 heavy (non-hydrogen) atoms. The molecule has 2 fully saturated rings. The maximum Gasteiger partial charge on any atom is 0.410 e. The highest BCUT2D eigenvalue weighted by Crippen LogP contribution is 2.43. The number of benzene rings is 2. The van der Waals surface area contributed by atoms with E-state index in [9.17, 15) is 9.59 Å². The number of carbonyl (C=O) groups is 2. The Hall–Kier alpha value is -4.78. The molecule has 13 heteroatoms. The van der Waals surface area contributed by atoms with Crippen molar-refractivity contribution in [3.63, 3.8) is 0 Å². The molecular weight excluding hydrogens is 619 g/mol. The van der Waals surface area contributed by atoms with E-state index >= 15 is 4.39 Å². The van der Waals surface area contributed by atoms with E-state index in [4.69, 9.17) is 9.84 Å². The fourth-order valence-corrected chi connectivity index (χ4v) is 7.52. The van der Waals surface area contributed by atoms with Gasteiger partial charge in [0.1, 0.15) is 11.4 Å². The number of ether oxygens (including phenoxy) is 1. The van der Waals surface area contributed by atoms with E-state index in [0.717, 1.165) is 49.4 Å². The fourth-order valence-electron chi connectivity index (χ4n) is 6.99. The van der Waals surface area contributed by atoms with Gasteiger partial charge >= 0.3 is 6.09 Å². The topological polar surface area (TPSA) is 110 Å². The van der Waals surface area contributed by atoms with Crippen molar-refractivity contribution in [2.45, 2.75) is 51.8 Å². The first-order chi connectivity index (χ1) is 22.5. The first-order valence-electron chi connectivity index (χ1n) is 15.8. The summed E-state index contributed by atoms with van der Waals surface area (Å²) in [6.45, 7) is 9.66. The van der Waals surface area contributed by atoms with E-state index in [1.807, 2.05) is 51.1 Å². The predicted octanol–water partition coefficient (Wildman–Crippen LogP) is 5.97. The maximum atomic E-state index is 15.6. The minimum absolute atomic E-state index is 0. The second kappa shape index (κ2) is 10.9. The average Bonchev–Trinajstić information content (AvgIpc) is 3.78. The molecule has 3 aromatic heterocycles. The molecule has 0 radical (unpaired) electrons. The third-order valence-electron chi connectivity index (χ3n) is 9.14. The lowest BCUT2D eigenvalue weighted by atomic mass is 9.73. The molecule has 0 aliphatic carbocycles. The summed E-state index contributed by atoms with van der Waals surface area (Å²) in [5.74, 6) is -0.740. The summed E-state index contributed by atoms with van der Waals surface area (Å²) in [4.78, 5) is 38.9. The number of nitrogens with one attached hydrogen (secondary N) is 1. The third kappa shape index (κ3) is 5.41. The summed E-state index contributed by atoms with van der Waals surface area (Å²) in [5, 5.41) is 10.2. The molecule has 1 spiro atoms.